The number of rotatable bonds is 9. The van der Waals surface area contributed by atoms with E-state index in [1.54, 1.807) is 9.80 Å². The molecule has 0 saturated carbocycles. The Labute approximate surface area is 201 Å². The molecule has 1 unspecified atom stereocenters. The van der Waals surface area contributed by atoms with E-state index in [0.29, 0.717) is 57.0 Å². The number of anilines is 1. The van der Waals surface area contributed by atoms with E-state index in [-0.39, 0.29) is 30.9 Å². The van der Waals surface area contributed by atoms with E-state index in [0.717, 1.165) is 25.0 Å². The Balaban J connectivity index is 1.39. The summed E-state index contributed by atoms with van der Waals surface area (Å²) in [6, 6.07) is 0.143. The van der Waals surface area contributed by atoms with Gasteiger partial charge in [-0.3, -0.25) is 9.59 Å². The number of carbonyl (C=O) groups is 2. The van der Waals surface area contributed by atoms with E-state index >= 15 is 0 Å². The summed E-state index contributed by atoms with van der Waals surface area (Å²) in [5.74, 6) is -0.379. The van der Waals surface area contributed by atoms with E-state index in [1.165, 1.54) is 0 Å². The molecule has 1 atom stereocenters. The van der Waals surface area contributed by atoms with Gasteiger partial charge in [0.2, 0.25) is 17.8 Å². The van der Waals surface area contributed by atoms with Crippen LogP contribution in [0.1, 0.15) is 31.7 Å². The lowest BCUT2D eigenvalue weighted by Gasteiger charge is -2.36. The third kappa shape index (κ3) is 6.68. The number of allylic oxidation sites excluding steroid dienone is 1. The number of alkyl halides is 3. The highest BCUT2D eigenvalue weighted by Crippen LogP contribution is 2.28. The fourth-order valence-corrected chi connectivity index (χ4v) is 4.18. The molecule has 2 amide bonds. The number of amides is 2. The van der Waals surface area contributed by atoms with Crippen LogP contribution in [-0.4, -0.2) is 89.8 Å². The Kier molecular flexibility index (Phi) is 8.65. The molecule has 3 N–H and O–H groups in total. The van der Waals surface area contributed by atoms with Crippen molar-refractivity contribution >= 4 is 24.0 Å². The van der Waals surface area contributed by atoms with E-state index in [9.17, 15) is 22.8 Å². The maximum atomic E-state index is 12.7. The molecule has 2 aliphatic rings. The van der Waals surface area contributed by atoms with Crippen molar-refractivity contribution in [1.82, 2.24) is 19.8 Å². The van der Waals surface area contributed by atoms with Crippen LogP contribution < -0.4 is 10.6 Å². The highest BCUT2D eigenvalue weighted by atomic mass is 19.4. The molecule has 192 valence electrons. The normalized spacial score (nSPS) is 19.2. The second-order valence-corrected chi connectivity index (χ2v) is 8.45. The van der Waals surface area contributed by atoms with E-state index in [1.807, 2.05) is 11.8 Å². The summed E-state index contributed by atoms with van der Waals surface area (Å²) in [5.41, 5.74) is 5.51. The molecule has 3 rings (SSSR count). The number of halogens is 3. The maximum Gasteiger partial charge on any atom is 0.419 e. The van der Waals surface area contributed by atoms with Crippen molar-refractivity contribution in [3.8, 4) is 0 Å². The fourth-order valence-electron chi connectivity index (χ4n) is 4.18. The van der Waals surface area contributed by atoms with Crippen molar-refractivity contribution in [2.75, 3.05) is 50.8 Å². The molecule has 10 nitrogen and oxygen atoms in total. The maximum absolute atomic E-state index is 12.7. The van der Waals surface area contributed by atoms with Crippen molar-refractivity contribution in [3.63, 3.8) is 0 Å². The number of aromatic nitrogens is 2. The monoisotopic (exact) mass is 497 g/mol. The SMILES string of the molecule is CC1CCC(C(N)=O)=C(C=N)N1CCOCCC(=O)N1CCN(c2ncc(C(F)(F)F)cn2)CC1. The summed E-state index contributed by atoms with van der Waals surface area (Å²) in [5, 5.41) is 7.65. The molecule has 35 heavy (non-hydrogen) atoms. The lowest BCUT2D eigenvalue weighted by molar-refractivity contribution is -0.138. The highest BCUT2D eigenvalue weighted by molar-refractivity contribution is 5.98. The first-order chi connectivity index (χ1) is 16.6. The van der Waals surface area contributed by atoms with Gasteiger partial charge in [-0.05, 0) is 19.8 Å². The van der Waals surface area contributed by atoms with E-state index in [2.05, 4.69) is 9.97 Å². The van der Waals surface area contributed by atoms with Gasteiger partial charge in [-0.1, -0.05) is 0 Å². The first kappa shape index (κ1) is 26.4. The molecule has 1 saturated heterocycles. The molecule has 0 bridgehead atoms. The summed E-state index contributed by atoms with van der Waals surface area (Å²) in [4.78, 5) is 37.1. The average Bonchev–Trinajstić information content (AvgIpc) is 2.83. The van der Waals surface area contributed by atoms with Crippen molar-refractivity contribution in [1.29, 1.82) is 5.41 Å². The largest absolute Gasteiger partial charge is 0.419 e. The van der Waals surface area contributed by atoms with Crippen molar-refractivity contribution in [2.24, 2.45) is 5.73 Å². The Morgan fingerprint density at radius 1 is 1.20 bits per heavy atom. The molecule has 0 aromatic carbocycles. The van der Waals surface area contributed by atoms with Gasteiger partial charge >= 0.3 is 6.18 Å². The standard InChI is InChI=1S/C22H30F3N7O3/c1-15-2-3-17(20(27)34)18(12-26)32(15)9-11-35-10-4-19(33)30-5-7-31(8-6-30)21-28-13-16(14-29-21)22(23,24)25/h12-15,26H,2-11H2,1H3,(H2,27,34). The van der Waals surface area contributed by atoms with E-state index < -0.39 is 17.6 Å². The van der Waals surface area contributed by atoms with Crippen LogP contribution in [0.15, 0.2) is 23.7 Å². The molecule has 1 aromatic rings. The number of nitrogens with one attached hydrogen (secondary N) is 1. The van der Waals surface area contributed by atoms with Gasteiger partial charge in [0.15, 0.2) is 0 Å². The fraction of sp³-hybridized carbons (Fsp3) is 0.591. The minimum atomic E-state index is -4.48. The van der Waals surface area contributed by atoms with Gasteiger partial charge in [-0.2, -0.15) is 13.2 Å². The van der Waals surface area contributed by atoms with E-state index in [4.69, 9.17) is 15.9 Å². The molecular formula is C22H30F3N7O3. The summed E-state index contributed by atoms with van der Waals surface area (Å²) in [7, 11) is 0. The van der Waals surface area contributed by atoms with Gasteiger partial charge in [0.05, 0.1) is 30.9 Å². The molecule has 0 aliphatic carbocycles. The Bertz CT molecular complexity index is 945. The third-order valence-electron chi connectivity index (χ3n) is 6.21. The molecular weight excluding hydrogens is 467 g/mol. The topological polar surface area (TPSA) is 129 Å². The Morgan fingerprint density at radius 3 is 2.43 bits per heavy atom. The number of piperazine rings is 1. The summed E-state index contributed by atoms with van der Waals surface area (Å²) >= 11 is 0. The van der Waals surface area contributed by atoms with Crippen LogP contribution >= 0.6 is 0 Å². The first-order valence-electron chi connectivity index (χ1n) is 11.4. The van der Waals surface area contributed by atoms with Crippen molar-refractivity contribution < 1.29 is 27.5 Å². The molecule has 1 fully saturated rings. The number of hydrogen-bond donors (Lipinski definition) is 2. The van der Waals surface area contributed by atoms with Crippen molar-refractivity contribution in [2.45, 2.75) is 38.4 Å². The summed E-state index contributed by atoms with van der Waals surface area (Å²) in [6.45, 7) is 4.73. The third-order valence-corrected chi connectivity index (χ3v) is 6.21. The number of nitrogens with two attached hydrogens (primary N) is 1. The molecule has 13 heteroatoms. The van der Waals surface area contributed by atoms with Gasteiger partial charge in [-0.25, -0.2) is 9.97 Å². The highest BCUT2D eigenvalue weighted by Gasteiger charge is 2.32. The predicted molar refractivity (Wildman–Crippen MR) is 122 cm³/mol. The minimum Gasteiger partial charge on any atom is -0.379 e. The van der Waals surface area contributed by atoms with Crippen LogP contribution in [0.5, 0.6) is 0 Å². The van der Waals surface area contributed by atoms with Gasteiger partial charge in [0.25, 0.3) is 0 Å². The smallest absolute Gasteiger partial charge is 0.379 e. The molecule has 0 radical (unpaired) electrons. The molecule has 1 aromatic heterocycles. The lowest BCUT2D eigenvalue weighted by atomic mass is 9.96. The minimum absolute atomic E-state index is 0.0691. The zero-order valence-corrected chi connectivity index (χ0v) is 19.6. The summed E-state index contributed by atoms with van der Waals surface area (Å²) in [6.07, 6.45) is -0.304. The van der Waals surface area contributed by atoms with Crippen LogP contribution in [0.25, 0.3) is 0 Å². The van der Waals surface area contributed by atoms with Crippen LogP contribution in [0.3, 0.4) is 0 Å². The molecule has 2 aliphatic heterocycles. The van der Waals surface area contributed by atoms with Crippen LogP contribution in [-0.2, 0) is 20.5 Å². The zero-order valence-electron chi connectivity index (χ0n) is 19.6. The predicted octanol–water partition coefficient (Wildman–Crippen LogP) is 1.42. The quantitative estimate of drug-likeness (QED) is 0.390. The Morgan fingerprint density at radius 2 is 1.86 bits per heavy atom. The number of nitrogens with zero attached hydrogens (tertiary/aromatic N) is 5. The van der Waals surface area contributed by atoms with Gasteiger partial charge < -0.3 is 30.6 Å². The number of primary amides is 1. The molecule has 3 heterocycles. The number of hydrogen-bond acceptors (Lipinski definition) is 8. The molecule has 0 spiro atoms. The second kappa shape index (κ2) is 11.5. The lowest BCUT2D eigenvalue weighted by Crippen LogP contribution is -2.49. The van der Waals surface area contributed by atoms with Gasteiger partial charge in [0, 0.05) is 62.9 Å². The van der Waals surface area contributed by atoms with Crippen LogP contribution in [0, 0.1) is 5.41 Å². The van der Waals surface area contributed by atoms with Gasteiger partial charge in [-0.15, -0.1) is 0 Å². The number of carbonyl (C=O) groups excluding carboxylic acids is 2. The second-order valence-electron chi connectivity index (χ2n) is 8.45. The zero-order chi connectivity index (χ0) is 25.6. The summed E-state index contributed by atoms with van der Waals surface area (Å²) < 4.78 is 43.6. The average molecular weight is 498 g/mol. The van der Waals surface area contributed by atoms with Crippen LogP contribution in [0.4, 0.5) is 19.1 Å². The van der Waals surface area contributed by atoms with Crippen molar-refractivity contribution in [3.05, 3.63) is 29.2 Å². The van der Waals surface area contributed by atoms with Gasteiger partial charge in [0.1, 0.15) is 0 Å². The number of ether oxygens (including phenoxy) is 1. The Hall–Kier alpha value is -3.22. The van der Waals surface area contributed by atoms with Crippen LogP contribution in [0.2, 0.25) is 0 Å². The first-order valence-corrected chi connectivity index (χ1v) is 11.4.